The van der Waals surface area contributed by atoms with E-state index in [4.69, 9.17) is 14.7 Å². The van der Waals surface area contributed by atoms with Gasteiger partial charge < -0.3 is 14.8 Å². The zero-order valence-electron chi connectivity index (χ0n) is 13.2. The van der Waals surface area contributed by atoms with Gasteiger partial charge in [0.15, 0.2) is 0 Å². The zero-order valence-corrected chi connectivity index (χ0v) is 13.2. The monoisotopic (exact) mass is 322 g/mol. The number of amides is 1. The van der Waals surface area contributed by atoms with Crippen molar-refractivity contribution in [1.29, 1.82) is 5.26 Å². The molecule has 1 amide bonds. The summed E-state index contributed by atoms with van der Waals surface area (Å²) >= 11 is 0. The van der Waals surface area contributed by atoms with Gasteiger partial charge in [-0.15, -0.1) is 0 Å². The second kappa shape index (κ2) is 7.62. The lowest BCUT2D eigenvalue weighted by atomic mass is 10.1. The van der Waals surface area contributed by atoms with Crippen molar-refractivity contribution in [3.63, 3.8) is 0 Å². The van der Waals surface area contributed by atoms with Crippen LogP contribution in [0.2, 0.25) is 0 Å². The first-order valence-corrected chi connectivity index (χ1v) is 7.91. The fourth-order valence-electron chi connectivity index (χ4n) is 2.60. The van der Waals surface area contributed by atoms with E-state index < -0.39 is 0 Å². The minimum atomic E-state index is -0.270. The highest BCUT2D eigenvalue weighted by atomic mass is 16.5. The van der Waals surface area contributed by atoms with E-state index in [1.165, 1.54) is 0 Å². The Balaban J connectivity index is 1.70. The van der Waals surface area contributed by atoms with E-state index in [0.29, 0.717) is 29.2 Å². The van der Waals surface area contributed by atoms with Gasteiger partial charge in [-0.05, 0) is 43.2 Å². The second-order valence-electron chi connectivity index (χ2n) is 5.59. The number of para-hydroxylation sites is 1. The molecule has 3 rings (SSSR count). The molecule has 0 bridgehead atoms. The number of rotatable bonds is 5. The number of nitrogens with one attached hydrogen (secondary N) is 1. The number of hydrogen-bond acceptors (Lipinski definition) is 4. The van der Waals surface area contributed by atoms with Crippen LogP contribution >= 0.6 is 0 Å². The quantitative estimate of drug-likeness (QED) is 0.916. The van der Waals surface area contributed by atoms with Crippen molar-refractivity contribution < 1.29 is 14.3 Å². The highest BCUT2D eigenvalue weighted by Crippen LogP contribution is 2.22. The number of anilines is 1. The van der Waals surface area contributed by atoms with Crippen LogP contribution in [0.3, 0.4) is 0 Å². The number of carbonyl (C=O) groups excluding carboxylic acids is 1. The highest BCUT2D eigenvalue weighted by Gasteiger charge is 2.18. The lowest BCUT2D eigenvalue weighted by molar-refractivity contribution is 0.0673. The maximum atomic E-state index is 12.5. The van der Waals surface area contributed by atoms with Gasteiger partial charge in [-0.25, -0.2) is 0 Å². The Morgan fingerprint density at radius 2 is 2.17 bits per heavy atom. The first-order valence-electron chi connectivity index (χ1n) is 7.91. The molecule has 1 atom stereocenters. The van der Waals surface area contributed by atoms with Crippen LogP contribution in [0.15, 0.2) is 48.5 Å². The van der Waals surface area contributed by atoms with Crippen LogP contribution in [0, 0.1) is 11.3 Å². The summed E-state index contributed by atoms with van der Waals surface area (Å²) in [5.74, 6) is 0.259. The summed E-state index contributed by atoms with van der Waals surface area (Å²) in [4.78, 5) is 12.5. The molecule has 1 unspecified atom stereocenters. The molecule has 1 saturated heterocycles. The van der Waals surface area contributed by atoms with Gasteiger partial charge >= 0.3 is 0 Å². The Kier molecular flexibility index (Phi) is 5.09. The molecule has 0 spiro atoms. The predicted octanol–water partition coefficient (Wildman–Crippen LogP) is 3.37. The van der Waals surface area contributed by atoms with E-state index in [-0.39, 0.29) is 12.0 Å². The molecule has 24 heavy (non-hydrogen) atoms. The summed E-state index contributed by atoms with van der Waals surface area (Å²) < 4.78 is 11.3. The summed E-state index contributed by atoms with van der Waals surface area (Å²) in [6.07, 6.45) is 2.12. The van der Waals surface area contributed by atoms with Crippen molar-refractivity contribution in [1.82, 2.24) is 0 Å². The van der Waals surface area contributed by atoms with Gasteiger partial charge in [-0.1, -0.05) is 18.2 Å². The van der Waals surface area contributed by atoms with E-state index in [1.54, 1.807) is 42.5 Å². The van der Waals surface area contributed by atoms with Crippen molar-refractivity contribution in [3.8, 4) is 11.8 Å². The summed E-state index contributed by atoms with van der Waals surface area (Å²) in [7, 11) is 0. The van der Waals surface area contributed by atoms with Crippen molar-refractivity contribution in [2.75, 3.05) is 18.5 Å². The third kappa shape index (κ3) is 3.92. The van der Waals surface area contributed by atoms with E-state index in [1.807, 2.05) is 6.07 Å². The van der Waals surface area contributed by atoms with Crippen molar-refractivity contribution >= 4 is 11.6 Å². The molecular weight excluding hydrogens is 304 g/mol. The van der Waals surface area contributed by atoms with E-state index >= 15 is 0 Å². The second-order valence-corrected chi connectivity index (χ2v) is 5.59. The Hall–Kier alpha value is -2.84. The minimum absolute atomic E-state index is 0.0911. The molecule has 1 aliphatic heterocycles. The topological polar surface area (TPSA) is 71.4 Å². The average molecular weight is 322 g/mol. The Bertz CT molecular complexity index is 761. The van der Waals surface area contributed by atoms with Gasteiger partial charge in [-0.2, -0.15) is 5.26 Å². The van der Waals surface area contributed by atoms with Crippen molar-refractivity contribution in [3.05, 3.63) is 59.7 Å². The maximum absolute atomic E-state index is 12.5. The van der Waals surface area contributed by atoms with Crippen LogP contribution in [-0.2, 0) is 4.74 Å². The fourth-order valence-corrected chi connectivity index (χ4v) is 2.60. The molecule has 2 aromatic rings. The molecular formula is C19H18N2O3. The molecule has 0 aliphatic carbocycles. The average Bonchev–Trinajstić information content (AvgIpc) is 3.14. The molecule has 1 heterocycles. The summed E-state index contributed by atoms with van der Waals surface area (Å²) in [6.45, 7) is 1.21. The number of hydrogen-bond donors (Lipinski definition) is 1. The predicted molar refractivity (Wildman–Crippen MR) is 90.0 cm³/mol. The largest absolute Gasteiger partial charge is 0.490 e. The zero-order chi connectivity index (χ0) is 16.8. The number of nitriles is 1. The SMILES string of the molecule is N#Cc1cccc(NC(=O)c2ccccc2OCC2CCCO2)c1. The molecule has 0 aromatic heterocycles. The first-order chi connectivity index (χ1) is 11.8. The van der Waals surface area contributed by atoms with Gasteiger partial charge in [0.2, 0.25) is 0 Å². The lowest BCUT2D eigenvalue weighted by Crippen LogP contribution is -2.19. The van der Waals surface area contributed by atoms with Gasteiger partial charge in [0.25, 0.3) is 5.91 Å². The van der Waals surface area contributed by atoms with Crippen molar-refractivity contribution in [2.45, 2.75) is 18.9 Å². The van der Waals surface area contributed by atoms with Crippen LogP contribution < -0.4 is 10.1 Å². The minimum Gasteiger partial charge on any atom is -0.490 e. The van der Waals surface area contributed by atoms with E-state index in [9.17, 15) is 4.79 Å². The number of nitrogens with zero attached hydrogens (tertiary/aromatic N) is 1. The smallest absolute Gasteiger partial charge is 0.259 e. The van der Waals surface area contributed by atoms with E-state index in [0.717, 1.165) is 19.4 Å². The van der Waals surface area contributed by atoms with Gasteiger partial charge in [0, 0.05) is 12.3 Å². The molecule has 0 radical (unpaired) electrons. The van der Waals surface area contributed by atoms with Crippen LogP contribution in [0.4, 0.5) is 5.69 Å². The highest BCUT2D eigenvalue weighted by molar-refractivity contribution is 6.06. The summed E-state index contributed by atoms with van der Waals surface area (Å²) in [6, 6.07) is 16.0. The third-order valence-corrected chi connectivity index (χ3v) is 3.83. The van der Waals surface area contributed by atoms with Gasteiger partial charge in [-0.3, -0.25) is 4.79 Å². The Morgan fingerprint density at radius 3 is 2.96 bits per heavy atom. The molecule has 1 N–H and O–H groups in total. The van der Waals surface area contributed by atoms with Gasteiger partial charge in [0.05, 0.1) is 23.3 Å². The molecule has 1 fully saturated rings. The molecule has 1 aliphatic rings. The maximum Gasteiger partial charge on any atom is 0.259 e. The lowest BCUT2D eigenvalue weighted by Gasteiger charge is -2.14. The molecule has 0 saturated carbocycles. The van der Waals surface area contributed by atoms with Crippen LogP contribution in [0.1, 0.15) is 28.8 Å². The first kappa shape index (κ1) is 16.0. The molecule has 5 heteroatoms. The number of benzene rings is 2. The molecule has 122 valence electrons. The fraction of sp³-hybridized carbons (Fsp3) is 0.263. The number of ether oxygens (including phenoxy) is 2. The Morgan fingerprint density at radius 1 is 1.29 bits per heavy atom. The Labute approximate surface area is 140 Å². The third-order valence-electron chi connectivity index (χ3n) is 3.83. The van der Waals surface area contributed by atoms with Crippen LogP contribution in [0.5, 0.6) is 5.75 Å². The summed E-state index contributed by atoms with van der Waals surface area (Å²) in [5.41, 5.74) is 1.53. The van der Waals surface area contributed by atoms with Crippen molar-refractivity contribution in [2.24, 2.45) is 0 Å². The molecule has 2 aromatic carbocycles. The molecule has 5 nitrogen and oxygen atoms in total. The van der Waals surface area contributed by atoms with E-state index in [2.05, 4.69) is 11.4 Å². The van der Waals surface area contributed by atoms with Crippen LogP contribution in [0.25, 0.3) is 0 Å². The number of carbonyl (C=O) groups is 1. The standard InChI is InChI=1S/C19H18N2O3/c20-12-14-5-3-6-15(11-14)21-19(22)17-8-1-2-9-18(17)24-13-16-7-4-10-23-16/h1-3,5-6,8-9,11,16H,4,7,10,13H2,(H,21,22). The van der Waals surface area contributed by atoms with Gasteiger partial charge in [0.1, 0.15) is 12.4 Å². The van der Waals surface area contributed by atoms with Crippen LogP contribution in [-0.4, -0.2) is 25.2 Å². The normalized spacial score (nSPS) is 16.4. The summed E-state index contributed by atoms with van der Waals surface area (Å²) in [5, 5.41) is 11.7.